The Kier molecular flexibility index (Phi) is 8.04. The first kappa shape index (κ1) is 24.7. The number of hydrogen-bond donors (Lipinski definition) is 2. The van der Waals surface area contributed by atoms with Crippen molar-refractivity contribution in [3.63, 3.8) is 0 Å². The number of nitrogens with zero attached hydrogens (tertiary/aromatic N) is 2. The van der Waals surface area contributed by atoms with Crippen molar-refractivity contribution in [1.29, 1.82) is 0 Å². The normalized spacial score (nSPS) is 14.7. The summed E-state index contributed by atoms with van der Waals surface area (Å²) in [5.41, 5.74) is 1.21. The third kappa shape index (κ3) is 6.52. The van der Waals surface area contributed by atoms with Gasteiger partial charge in [0.05, 0.1) is 11.4 Å². The van der Waals surface area contributed by atoms with Crippen molar-refractivity contribution in [1.82, 2.24) is 15.1 Å². The van der Waals surface area contributed by atoms with Gasteiger partial charge in [-0.15, -0.1) is 0 Å². The van der Waals surface area contributed by atoms with E-state index in [0.717, 1.165) is 18.6 Å². The lowest BCUT2D eigenvalue weighted by atomic mass is 10.1. The number of benzene rings is 2. The molecule has 0 bridgehead atoms. The average molecular weight is 477 g/mol. The van der Waals surface area contributed by atoms with E-state index in [1.807, 2.05) is 11.8 Å². The standard InChI is InChI=1S/C23H29FN4O4S/c1-3-10-25-22(29)16-27-11-13-28(14-12-27)23(30)21-15-20(9-4-17(21)2)33(31,32)26-19-7-5-18(24)6-8-19/h4-9,15,26H,3,10-14,16H2,1-2H3,(H,25,29). The third-order valence-corrected chi connectivity index (χ3v) is 6.82. The molecular weight excluding hydrogens is 447 g/mol. The molecule has 3 rings (SSSR count). The van der Waals surface area contributed by atoms with Crippen molar-refractivity contribution >= 4 is 27.5 Å². The Morgan fingerprint density at radius 1 is 1.03 bits per heavy atom. The molecule has 0 unspecified atom stereocenters. The summed E-state index contributed by atoms with van der Waals surface area (Å²) in [4.78, 5) is 28.7. The third-order valence-electron chi connectivity index (χ3n) is 5.45. The number of amides is 2. The number of aryl methyl sites for hydroxylation is 1. The van der Waals surface area contributed by atoms with Crippen molar-refractivity contribution < 1.29 is 22.4 Å². The van der Waals surface area contributed by atoms with E-state index in [0.29, 0.717) is 50.4 Å². The summed E-state index contributed by atoms with van der Waals surface area (Å²) in [6.07, 6.45) is 0.877. The highest BCUT2D eigenvalue weighted by atomic mass is 32.2. The highest BCUT2D eigenvalue weighted by molar-refractivity contribution is 7.92. The zero-order valence-electron chi connectivity index (χ0n) is 18.8. The second-order valence-corrected chi connectivity index (χ2v) is 9.69. The molecule has 2 N–H and O–H groups in total. The number of nitrogens with one attached hydrogen (secondary N) is 2. The van der Waals surface area contributed by atoms with E-state index in [1.165, 1.54) is 24.3 Å². The molecule has 0 atom stereocenters. The van der Waals surface area contributed by atoms with Gasteiger partial charge in [0, 0.05) is 44.0 Å². The van der Waals surface area contributed by atoms with Crippen LogP contribution in [-0.4, -0.2) is 69.3 Å². The molecule has 8 nitrogen and oxygen atoms in total. The summed E-state index contributed by atoms with van der Waals surface area (Å²) in [6.45, 7) is 6.71. The first-order valence-electron chi connectivity index (χ1n) is 10.9. The molecule has 1 fully saturated rings. The van der Waals surface area contributed by atoms with Gasteiger partial charge < -0.3 is 10.2 Å². The minimum absolute atomic E-state index is 0.0287. The van der Waals surface area contributed by atoms with Crippen molar-refractivity contribution in [2.75, 3.05) is 44.0 Å². The lowest BCUT2D eigenvalue weighted by Crippen LogP contribution is -2.51. The number of piperazine rings is 1. The van der Waals surface area contributed by atoms with Crippen LogP contribution in [0.4, 0.5) is 10.1 Å². The summed E-state index contributed by atoms with van der Waals surface area (Å²) in [5.74, 6) is -0.747. The second-order valence-electron chi connectivity index (χ2n) is 8.01. The maximum atomic E-state index is 13.1. The van der Waals surface area contributed by atoms with E-state index in [9.17, 15) is 22.4 Å². The van der Waals surface area contributed by atoms with Crippen LogP contribution >= 0.6 is 0 Å². The summed E-state index contributed by atoms with van der Waals surface area (Å²) >= 11 is 0. The van der Waals surface area contributed by atoms with Crippen LogP contribution in [0.15, 0.2) is 47.4 Å². The van der Waals surface area contributed by atoms with E-state index >= 15 is 0 Å². The number of halogens is 1. The van der Waals surface area contributed by atoms with Crippen LogP contribution in [0.2, 0.25) is 0 Å². The number of carbonyl (C=O) groups is 2. The smallest absolute Gasteiger partial charge is 0.261 e. The Hall–Kier alpha value is -2.98. The molecule has 33 heavy (non-hydrogen) atoms. The van der Waals surface area contributed by atoms with E-state index in [-0.39, 0.29) is 22.4 Å². The monoisotopic (exact) mass is 476 g/mol. The molecular formula is C23H29FN4O4S. The molecule has 0 saturated carbocycles. The Morgan fingerprint density at radius 2 is 1.70 bits per heavy atom. The molecule has 1 aliphatic heterocycles. The number of carbonyl (C=O) groups excluding carboxylic acids is 2. The molecule has 1 aliphatic rings. The van der Waals surface area contributed by atoms with Gasteiger partial charge >= 0.3 is 0 Å². The molecule has 2 amide bonds. The highest BCUT2D eigenvalue weighted by Crippen LogP contribution is 2.21. The fourth-order valence-electron chi connectivity index (χ4n) is 3.53. The van der Waals surface area contributed by atoms with E-state index in [1.54, 1.807) is 17.9 Å². The van der Waals surface area contributed by atoms with Gasteiger partial charge in [-0.1, -0.05) is 13.0 Å². The van der Waals surface area contributed by atoms with Gasteiger partial charge in [-0.25, -0.2) is 12.8 Å². The van der Waals surface area contributed by atoms with Crippen molar-refractivity contribution in [2.24, 2.45) is 0 Å². The number of rotatable bonds is 8. The largest absolute Gasteiger partial charge is 0.355 e. The van der Waals surface area contributed by atoms with Gasteiger partial charge in [-0.3, -0.25) is 19.2 Å². The zero-order chi connectivity index (χ0) is 24.0. The molecule has 1 heterocycles. The molecule has 2 aromatic rings. The number of hydrogen-bond acceptors (Lipinski definition) is 5. The van der Waals surface area contributed by atoms with Crippen LogP contribution in [0.25, 0.3) is 0 Å². The fourth-order valence-corrected chi connectivity index (χ4v) is 4.62. The lowest BCUT2D eigenvalue weighted by Gasteiger charge is -2.34. The fraction of sp³-hybridized carbons (Fsp3) is 0.391. The van der Waals surface area contributed by atoms with Crippen LogP contribution in [0, 0.1) is 12.7 Å². The van der Waals surface area contributed by atoms with Gasteiger partial charge in [0.15, 0.2) is 0 Å². The zero-order valence-corrected chi connectivity index (χ0v) is 19.6. The van der Waals surface area contributed by atoms with Crippen molar-refractivity contribution in [3.05, 3.63) is 59.4 Å². The second kappa shape index (κ2) is 10.8. The van der Waals surface area contributed by atoms with Crippen LogP contribution in [0.1, 0.15) is 29.3 Å². The number of anilines is 1. The Balaban J connectivity index is 1.67. The molecule has 0 radical (unpaired) electrons. The van der Waals surface area contributed by atoms with E-state index in [2.05, 4.69) is 10.0 Å². The maximum absolute atomic E-state index is 13.1. The van der Waals surface area contributed by atoms with E-state index in [4.69, 9.17) is 0 Å². The molecule has 10 heteroatoms. The van der Waals surface area contributed by atoms with Gasteiger partial charge in [-0.2, -0.15) is 0 Å². The summed E-state index contributed by atoms with van der Waals surface area (Å²) < 4.78 is 41.1. The van der Waals surface area contributed by atoms with Crippen LogP contribution in [0.5, 0.6) is 0 Å². The number of sulfonamides is 1. The molecule has 1 saturated heterocycles. The van der Waals surface area contributed by atoms with E-state index < -0.39 is 15.8 Å². The molecule has 0 aliphatic carbocycles. The van der Waals surface area contributed by atoms with Gasteiger partial charge in [-0.05, 0) is 55.3 Å². The predicted octanol–water partition coefficient (Wildman–Crippen LogP) is 2.22. The maximum Gasteiger partial charge on any atom is 0.261 e. The van der Waals surface area contributed by atoms with Crippen molar-refractivity contribution in [2.45, 2.75) is 25.2 Å². The first-order chi connectivity index (χ1) is 15.7. The average Bonchev–Trinajstić information content (AvgIpc) is 2.79. The quantitative estimate of drug-likeness (QED) is 0.609. The summed E-state index contributed by atoms with van der Waals surface area (Å²) in [7, 11) is -3.96. The van der Waals surface area contributed by atoms with Gasteiger partial charge in [0.1, 0.15) is 5.82 Å². The Bertz CT molecular complexity index is 1100. The molecule has 0 spiro atoms. The Labute approximate surface area is 193 Å². The highest BCUT2D eigenvalue weighted by Gasteiger charge is 2.25. The summed E-state index contributed by atoms with van der Waals surface area (Å²) in [5, 5.41) is 2.84. The Morgan fingerprint density at radius 3 is 2.33 bits per heavy atom. The lowest BCUT2D eigenvalue weighted by molar-refractivity contribution is -0.122. The summed E-state index contributed by atoms with van der Waals surface area (Å²) in [6, 6.07) is 9.38. The molecule has 178 valence electrons. The van der Waals surface area contributed by atoms with Crippen LogP contribution in [0.3, 0.4) is 0 Å². The van der Waals surface area contributed by atoms with Crippen LogP contribution in [-0.2, 0) is 14.8 Å². The topological polar surface area (TPSA) is 98.8 Å². The van der Waals surface area contributed by atoms with Crippen LogP contribution < -0.4 is 10.0 Å². The molecule has 2 aromatic carbocycles. The minimum Gasteiger partial charge on any atom is -0.355 e. The molecule has 0 aromatic heterocycles. The minimum atomic E-state index is -3.96. The first-order valence-corrected chi connectivity index (χ1v) is 12.4. The predicted molar refractivity (Wildman–Crippen MR) is 124 cm³/mol. The van der Waals surface area contributed by atoms with Gasteiger partial charge in [0.2, 0.25) is 5.91 Å². The SMILES string of the molecule is CCCNC(=O)CN1CCN(C(=O)c2cc(S(=O)(=O)Nc3ccc(F)cc3)ccc2C)CC1. The van der Waals surface area contributed by atoms with Crippen molar-refractivity contribution in [3.8, 4) is 0 Å². The van der Waals surface area contributed by atoms with Gasteiger partial charge in [0.25, 0.3) is 15.9 Å².